The van der Waals surface area contributed by atoms with Crippen LogP contribution in [0.1, 0.15) is 26.3 Å². The van der Waals surface area contributed by atoms with E-state index in [1.807, 2.05) is 24.3 Å². The molecule has 1 aliphatic rings. The van der Waals surface area contributed by atoms with Crippen molar-refractivity contribution in [1.29, 1.82) is 0 Å². The fraction of sp³-hybridized carbons (Fsp3) is 0.300. The SMILES string of the molecule is O=C(NCCc1ccc(Cl)cc1)c1ccc(C(=O)N2CCOCC2)cc1. The molecule has 6 heteroatoms. The van der Waals surface area contributed by atoms with Crippen molar-refractivity contribution < 1.29 is 14.3 Å². The van der Waals surface area contributed by atoms with Gasteiger partial charge >= 0.3 is 0 Å². The van der Waals surface area contributed by atoms with E-state index in [9.17, 15) is 9.59 Å². The molecule has 3 rings (SSSR count). The van der Waals surface area contributed by atoms with Crippen LogP contribution in [0.5, 0.6) is 0 Å². The number of morpholine rings is 1. The molecule has 0 aromatic heterocycles. The second kappa shape index (κ2) is 8.83. The van der Waals surface area contributed by atoms with E-state index in [4.69, 9.17) is 16.3 Å². The number of nitrogens with one attached hydrogen (secondary N) is 1. The minimum absolute atomic E-state index is 0.0250. The van der Waals surface area contributed by atoms with Crippen molar-refractivity contribution in [2.45, 2.75) is 6.42 Å². The first-order valence-electron chi connectivity index (χ1n) is 8.63. The first-order valence-corrected chi connectivity index (χ1v) is 9.01. The molecule has 0 unspecified atom stereocenters. The summed E-state index contributed by atoms with van der Waals surface area (Å²) < 4.78 is 5.26. The molecule has 0 aliphatic carbocycles. The lowest BCUT2D eigenvalue weighted by molar-refractivity contribution is 0.0303. The normalized spacial score (nSPS) is 14.1. The summed E-state index contributed by atoms with van der Waals surface area (Å²) in [6.07, 6.45) is 0.733. The van der Waals surface area contributed by atoms with E-state index in [0.29, 0.717) is 49.0 Å². The zero-order valence-electron chi connectivity index (χ0n) is 14.4. The van der Waals surface area contributed by atoms with Crippen LogP contribution in [0.15, 0.2) is 48.5 Å². The Morgan fingerprint density at radius 2 is 1.58 bits per heavy atom. The number of hydrogen-bond donors (Lipinski definition) is 1. The molecule has 0 saturated carbocycles. The van der Waals surface area contributed by atoms with Crippen LogP contribution in [-0.4, -0.2) is 49.6 Å². The molecule has 1 saturated heterocycles. The zero-order valence-corrected chi connectivity index (χ0v) is 15.2. The summed E-state index contributed by atoms with van der Waals surface area (Å²) in [5, 5.41) is 3.59. The van der Waals surface area contributed by atoms with Gasteiger partial charge in [-0.25, -0.2) is 0 Å². The third-order valence-electron chi connectivity index (χ3n) is 4.30. The number of hydrogen-bond acceptors (Lipinski definition) is 3. The summed E-state index contributed by atoms with van der Waals surface area (Å²) >= 11 is 5.86. The van der Waals surface area contributed by atoms with Crippen LogP contribution in [0.3, 0.4) is 0 Å². The highest BCUT2D eigenvalue weighted by molar-refractivity contribution is 6.30. The van der Waals surface area contributed by atoms with Gasteiger partial charge in [-0.15, -0.1) is 0 Å². The Balaban J connectivity index is 1.51. The maximum absolute atomic E-state index is 12.4. The van der Waals surface area contributed by atoms with E-state index in [1.54, 1.807) is 29.2 Å². The van der Waals surface area contributed by atoms with Crippen LogP contribution in [0.4, 0.5) is 0 Å². The van der Waals surface area contributed by atoms with Crippen molar-refractivity contribution in [3.63, 3.8) is 0 Å². The molecule has 0 atom stereocenters. The van der Waals surface area contributed by atoms with Gasteiger partial charge in [0, 0.05) is 35.8 Å². The van der Waals surface area contributed by atoms with Gasteiger partial charge in [-0.1, -0.05) is 23.7 Å². The van der Waals surface area contributed by atoms with Crippen molar-refractivity contribution in [2.75, 3.05) is 32.8 Å². The summed E-state index contributed by atoms with van der Waals surface area (Å²) in [4.78, 5) is 26.4. The number of ether oxygens (including phenoxy) is 1. The molecule has 5 nitrogen and oxygen atoms in total. The number of amides is 2. The molecule has 2 aromatic rings. The topological polar surface area (TPSA) is 58.6 Å². The summed E-state index contributed by atoms with van der Waals surface area (Å²) in [7, 11) is 0. The number of carbonyl (C=O) groups is 2. The van der Waals surface area contributed by atoms with Gasteiger partial charge in [0.05, 0.1) is 13.2 Å². The summed E-state index contributed by atoms with van der Waals surface area (Å²) in [6.45, 7) is 2.88. The summed E-state index contributed by atoms with van der Waals surface area (Å²) in [5.41, 5.74) is 2.24. The molecule has 2 amide bonds. The number of rotatable bonds is 5. The molecule has 1 N–H and O–H groups in total. The maximum atomic E-state index is 12.4. The van der Waals surface area contributed by atoms with E-state index in [0.717, 1.165) is 12.0 Å². The van der Waals surface area contributed by atoms with Crippen molar-refractivity contribution in [2.24, 2.45) is 0 Å². The van der Waals surface area contributed by atoms with E-state index in [1.165, 1.54) is 0 Å². The molecule has 26 heavy (non-hydrogen) atoms. The number of nitrogens with zero attached hydrogens (tertiary/aromatic N) is 1. The highest BCUT2D eigenvalue weighted by Gasteiger charge is 2.18. The molecular formula is C20H21ClN2O3. The Hall–Kier alpha value is -2.37. The van der Waals surface area contributed by atoms with Gasteiger partial charge in [-0.3, -0.25) is 9.59 Å². The van der Waals surface area contributed by atoms with E-state index < -0.39 is 0 Å². The van der Waals surface area contributed by atoms with Crippen LogP contribution in [0.25, 0.3) is 0 Å². The highest BCUT2D eigenvalue weighted by atomic mass is 35.5. The predicted octanol–water partition coefficient (Wildman–Crippen LogP) is 2.78. The molecule has 136 valence electrons. The summed E-state index contributed by atoms with van der Waals surface area (Å²) in [5.74, 6) is -0.174. The molecule has 0 bridgehead atoms. The average molecular weight is 373 g/mol. The third kappa shape index (κ3) is 4.84. The lowest BCUT2D eigenvalue weighted by Crippen LogP contribution is -2.40. The Kier molecular flexibility index (Phi) is 6.26. The Morgan fingerprint density at radius 1 is 0.962 bits per heavy atom. The van der Waals surface area contributed by atoms with E-state index in [2.05, 4.69) is 5.32 Å². The van der Waals surface area contributed by atoms with Gasteiger partial charge < -0.3 is 15.0 Å². The van der Waals surface area contributed by atoms with E-state index >= 15 is 0 Å². The molecule has 0 radical (unpaired) electrons. The fourth-order valence-corrected chi connectivity index (χ4v) is 2.91. The van der Waals surface area contributed by atoms with Crippen molar-refractivity contribution >= 4 is 23.4 Å². The number of benzene rings is 2. The van der Waals surface area contributed by atoms with Gasteiger partial charge in [0.1, 0.15) is 0 Å². The third-order valence-corrected chi connectivity index (χ3v) is 4.56. The second-order valence-electron chi connectivity index (χ2n) is 6.11. The van der Waals surface area contributed by atoms with Crippen LogP contribution < -0.4 is 5.32 Å². The first-order chi connectivity index (χ1) is 12.6. The minimum atomic E-state index is -0.149. The van der Waals surface area contributed by atoms with Gasteiger partial charge in [0.25, 0.3) is 11.8 Å². The minimum Gasteiger partial charge on any atom is -0.378 e. The monoisotopic (exact) mass is 372 g/mol. The Labute approximate surface area is 157 Å². The second-order valence-corrected chi connectivity index (χ2v) is 6.55. The van der Waals surface area contributed by atoms with Crippen molar-refractivity contribution in [3.05, 3.63) is 70.2 Å². The lowest BCUT2D eigenvalue weighted by atomic mass is 10.1. The standard InChI is InChI=1S/C20H21ClN2O3/c21-18-7-1-15(2-8-18)9-10-22-19(24)16-3-5-17(6-4-16)20(25)23-11-13-26-14-12-23/h1-8H,9-14H2,(H,22,24). The number of carbonyl (C=O) groups excluding carboxylic acids is 2. The van der Waals surface area contributed by atoms with Crippen LogP contribution in [-0.2, 0) is 11.2 Å². The lowest BCUT2D eigenvalue weighted by Gasteiger charge is -2.26. The first kappa shape index (κ1) is 18.4. The quantitative estimate of drug-likeness (QED) is 0.878. The predicted molar refractivity (Wildman–Crippen MR) is 101 cm³/mol. The van der Waals surface area contributed by atoms with E-state index in [-0.39, 0.29) is 11.8 Å². The molecular weight excluding hydrogens is 352 g/mol. The highest BCUT2D eigenvalue weighted by Crippen LogP contribution is 2.11. The smallest absolute Gasteiger partial charge is 0.254 e. The van der Waals surface area contributed by atoms with Crippen molar-refractivity contribution in [3.8, 4) is 0 Å². The van der Waals surface area contributed by atoms with Gasteiger partial charge in [-0.05, 0) is 48.4 Å². The molecule has 0 spiro atoms. The van der Waals surface area contributed by atoms with Gasteiger partial charge in [-0.2, -0.15) is 0 Å². The average Bonchev–Trinajstić information content (AvgIpc) is 2.69. The van der Waals surface area contributed by atoms with Crippen LogP contribution in [0.2, 0.25) is 5.02 Å². The summed E-state index contributed by atoms with van der Waals surface area (Å²) in [6, 6.07) is 14.3. The number of halogens is 1. The Morgan fingerprint density at radius 3 is 2.23 bits per heavy atom. The van der Waals surface area contributed by atoms with Crippen LogP contribution in [0, 0.1) is 0 Å². The molecule has 1 heterocycles. The Bertz CT molecular complexity index is 754. The van der Waals surface area contributed by atoms with Gasteiger partial charge in [0.2, 0.25) is 0 Å². The fourth-order valence-electron chi connectivity index (χ4n) is 2.79. The molecule has 1 aliphatic heterocycles. The van der Waals surface area contributed by atoms with Gasteiger partial charge in [0.15, 0.2) is 0 Å². The molecule has 2 aromatic carbocycles. The van der Waals surface area contributed by atoms with Crippen LogP contribution >= 0.6 is 11.6 Å². The molecule has 1 fully saturated rings. The largest absolute Gasteiger partial charge is 0.378 e. The maximum Gasteiger partial charge on any atom is 0.254 e. The van der Waals surface area contributed by atoms with Crippen molar-refractivity contribution in [1.82, 2.24) is 10.2 Å². The zero-order chi connectivity index (χ0) is 18.4.